The standard InChI is InChI=1S/C12H13ClN4O2/c1-7-4-11(15-8(2)14-7)17-12(13)9(5-18)10(16-17)6-19-3/h4-5H,6H2,1-3H3. The summed E-state index contributed by atoms with van der Waals surface area (Å²) in [5, 5.41) is 4.48. The van der Waals surface area contributed by atoms with E-state index < -0.39 is 0 Å². The number of aldehydes is 1. The first kappa shape index (κ1) is 13.6. The van der Waals surface area contributed by atoms with E-state index in [4.69, 9.17) is 16.3 Å². The van der Waals surface area contributed by atoms with Crippen LogP contribution in [0.15, 0.2) is 6.07 Å². The van der Waals surface area contributed by atoms with Crippen LogP contribution in [-0.2, 0) is 11.3 Å². The molecule has 0 aliphatic heterocycles. The van der Waals surface area contributed by atoms with Gasteiger partial charge in [0.2, 0.25) is 0 Å². The third-order valence-electron chi connectivity index (χ3n) is 2.51. The van der Waals surface area contributed by atoms with Crippen molar-refractivity contribution in [3.05, 3.63) is 34.0 Å². The summed E-state index contributed by atoms with van der Waals surface area (Å²) < 4.78 is 6.41. The minimum Gasteiger partial charge on any atom is -0.378 e. The van der Waals surface area contributed by atoms with Gasteiger partial charge in [-0.1, -0.05) is 11.6 Å². The molecule has 0 radical (unpaired) electrons. The van der Waals surface area contributed by atoms with Gasteiger partial charge in [-0.05, 0) is 13.8 Å². The Hall–Kier alpha value is -1.79. The average molecular weight is 281 g/mol. The predicted octanol–water partition coefficient (Wildman–Crippen LogP) is 1.89. The number of carbonyl (C=O) groups excluding carboxylic acids is 1. The van der Waals surface area contributed by atoms with Gasteiger partial charge in [-0.25, -0.2) is 14.6 Å². The second kappa shape index (κ2) is 5.46. The first-order valence-corrected chi connectivity index (χ1v) is 5.98. The molecule has 0 bridgehead atoms. The maximum atomic E-state index is 11.1. The molecule has 0 aliphatic rings. The van der Waals surface area contributed by atoms with Gasteiger partial charge in [-0.2, -0.15) is 5.10 Å². The topological polar surface area (TPSA) is 69.9 Å². The van der Waals surface area contributed by atoms with Crippen molar-refractivity contribution < 1.29 is 9.53 Å². The van der Waals surface area contributed by atoms with Crippen LogP contribution in [-0.4, -0.2) is 33.1 Å². The molecule has 2 aromatic rings. The van der Waals surface area contributed by atoms with Gasteiger partial charge < -0.3 is 4.74 Å². The number of methoxy groups -OCH3 is 1. The lowest BCUT2D eigenvalue weighted by atomic mass is 10.3. The maximum Gasteiger partial charge on any atom is 0.159 e. The highest BCUT2D eigenvalue weighted by Gasteiger charge is 2.17. The van der Waals surface area contributed by atoms with Gasteiger partial charge >= 0.3 is 0 Å². The minimum absolute atomic E-state index is 0.212. The van der Waals surface area contributed by atoms with Crippen molar-refractivity contribution in [2.45, 2.75) is 20.5 Å². The monoisotopic (exact) mass is 280 g/mol. The lowest BCUT2D eigenvalue weighted by Gasteiger charge is -2.04. The Morgan fingerprint density at radius 1 is 1.42 bits per heavy atom. The molecule has 0 atom stereocenters. The van der Waals surface area contributed by atoms with Crippen LogP contribution < -0.4 is 0 Å². The van der Waals surface area contributed by atoms with E-state index in [1.54, 1.807) is 13.0 Å². The number of halogens is 1. The third-order valence-corrected chi connectivity index (χ3v) is 2.87. The smallest absolute Gasteiger partial charge is 0.159 e. The van der Waals surface area contributed by atoms with Gasteiger partial charge in [0.1, 0.15) is 16.7 Å². The third kappa shape index (κ3) is 2.64. The summed E-state index contributed by atoms with van der Waals surface area (Å²) in [7, 11) is 1.53. The van der Waals surface area contributed by atoms with Crippen LogP contribution >= 0.6 is 11.6 Å². The highest BCUT2D eigenvalue weighted by Crippen LogP contribution is 2.22. The van der Waals surface area contributed by atoms with Gasteiger partial charge in [-0.15, -0.1) is 0 Å². The van der Waals surface area contributed by atoms with Crippen LogP contribution in [0, 0.1) is 13.8 Å². The van der Waals surface area contributed by atoms with E-state index in [0.717, 1.165) is 5.69 Å². The second-order valence-corrected chi connectivity index (χ2v) is 4.39. The highest BCUT2D eigenvalue weighted by molar-refractivity contribution is 6.32. The Labute approximate surface area is 115 Å². The molecule has 0 N–H and O–H groups in total. The lowest BCUT2D eigenvalue weighted by Crippen LogP contribution is -2.04. The fourth-order valence-electron chi connectivity index (χ4n) is 1.77. The van der Waals surface area contributed by atoms with Crippen molar-refractivity contribution in [1.82, 2.24) is 19.7 Å². The molecule has 2 aromatic heterocycles. The molecule has 0 aliphatic carbocycles. The first-order valence-electron chi connectivity index (χ1n) is 5.61. The molecule has 7 heteroatoms. The Balaban J connectivity index is 2.58. The molecular weight excluding hydrogens is 268 g/mol. The van der Waals surface area contributed by atoms with Crippen molar-refractivity contribution in [1.29, 1.82) is 0 Å². The Morgan fingerprint density at radius 3 is 2.74 bits per heavy atom. The molecule has 0 unspecified atom stereocenters. The number of ether oxygens (including phenoxy) is 1. The number of nitrogens with zero attached hydrogens (tertiary/aromatic N) is 4. The van der Waals surface area contributed by atoms with E-state index in [0.29, 0.717) is 29.2 Å². The average Bonchev–Trinajstić information content (AvgIpc) is 2.65. The number of rotatable bonds is 4. The Bertz CT molecular complexity index is 604. The second-order valence-electron chi connectivity index (χ2n) is 4.03. The molecular formula is C12H13ClN4O2. The normalized spacial score (nSPS) is 10.7. The van der Waals surface area contributed by atoms with Crippen LogP contribution in [0.2, 0.25) is 5.15 Å². The van der Waals surface area contributed by atoms with Crippen LogP contribution in [0.4, 0.5) is 0 Å². The van der Waals surface area contributed by atoms with Crippen LogP contribution in [0.25, 0.3) is 5.82 Å². The summed E-state index contributed by atoms with van der Waals surface area (Å²) in [6, 6.07) is 1.75. The first-order chi connectivity index (χ1) is 9.06. The molecule has 19 heavy (non-hydrogen) atoms. The highest BCUT2D eigenvalue weighted by atomic mass is 35.5. The number of hydrogen-bond acceptors (Lipinski definition) is 5. The quantitative estimate of drug-likeness (QED) is 0.800. The summed E-state index contributed by atoms with van der Waals surface area (Å²) in [6.45, 7) is 3.85. The Kier molecular flexibility index (Phi) is 3.92. The molecule has 2 heterocycles. The lowest BCUT2D eigenvalue weighted by molar-refractivity contribution is 0.111. The van der Waals surface area contributed by atoms with E-state index in [9.17, 15) is 4.79 Å². The molecule has 0 aromatic carbocycles. The molecule has 0 saturated heterocycles. The zero-order valence-corrected chi connectivity index (χ0v) is 11.6. The van der Waals surface area contributed by atoms with Gasteiger partial charge in [0.25, 0.3) is 0 Å². The summed E-state index contributed by atoms with van der Waals surface area (Å²) in [5.41, 5.74) is 1.60. The summed E-state index contributed by atoms with van der Waals surface area (Å²) in [4.78, 5) is 19.5. The zero-order valence-electron chi connectivity index (χ0n) is 10.8. The summed E-state index contributed by atoms with van der Waals surface area (Å²) in [6.07, 6.45) is 0.668. The number of aromatic nitrogens is 4. The van der Waals surface area contributed by atoms with Crippen molar-refractivity contribution in [2.75, 3.05) is 7.11 Å². The number of aryl methyl sites for hydroxylation is 2. The van der Waals surface area contributed by atoms with Crippen LogP contribution in [0.3, 0.4) is 0 Å². The van der Waals surface area contributed by atoms with E-state index >= 15 is 0 Å². The summed E-state index contributed by atoms with van der Waals surface area (Å²) in [5.74, 6) is 1.14. The predicted molar refractivity (Wildman–Crippen MR) is 69.7 cm³/mol. The fraction of sp³-hybridized carbons (Fsp3) is 0.333. The van der Waals surface area contributed by atoms with Crippen molar-refractivity contribution in [3.8, 4) is 5.82 Å². The van der Waals surface area contributed by atoms with E-state index in [2.05, 4.69) is 15.1 Å². The molecule has 0 saturated carbocycles. The van der Waals surface area contributed by atoms with Crippen LogP contribution in [0.1, 0.15) is 27.6 Å². The van der Waals surface area contributed by atoms with E-state index in [1.165, 1.54) is 11.8 Å². The van der Waals surface area contributed by atoms with E-state index in [-0.39, 0.29) is 11.8 Å². The molecule has 6 nitrogen and oxygen atoms in total. The minimum atomic E-state index is 0.212. The molecule has 0 spiro atoms. The van der Waals surface area contributed by atoms with Gasteiger partial charge in [0.15, 0.2) is 12.1 Å². The SMILES string of the molecule is COCc1nn(-c2cc(C)nc(C)n2)c(Cl)c1C=O. The number of carbonyl (C=O) groups is 1. The van der Waals surface area contributed by atoms with Crippen molar-refractivity contribution in [3.63, 3.8) is 0 Å². The Morgan fingerprint density at radius 2 is 2.16 bits per heavy atom. The van der Waals surface area contributed by atoms with Crippen LogP contribution in [0.5, 0.6) is 0 Å². The van der Waals surface area contributed by atoms with Gasteiger partial charge in [-0.3, -0.25) is 4.79 Å². The summed E-state index contributed by atoms with van der Waals surface area (Å²) >= 11 is 6.16. The zero-order chi connectivity index (χ0) is 14.0. The maximum absolute atomic E-state index is 11.1. The molecule has 100 valence electrons. The van der Waals surface area contributed by atoms with Gasteiger partial charge in [0, 0.05) is 18.9 Å². The fourth-order valence-corrected chi connectivity index (χ4v) is 2.05. The molecule has 0 amide bonds. The molecule has 2 rings (SSSR count). The largest absolute Gasteiger partial charge is 0.378 e. The van der Waals surface area contributed by atoms with E-state index in [1.807, 2.05) is 6.92 Å². The van der Waals surface area contributed by atoms with Gasteiger partial charge in [0.05, 0.1) is 12.2 Å². The van der Waals surface area contributed by atoms with Crippen molar-refractivity contribution in [2.24, 2.45) is 0 Å². The molecule has 0 fully saturated rings. The van der Waals surface area contributed by atoms with Crippen molar-refractivity contribution >= 4 is 17.9 Å². The number of hydrogen-bond donors (Lipinski definition) is 0.